The second-order valence-corrected chi connectivity index (χ2v) is 0.765. The molecule has 0 unspecified atom stereocenters. The van der Waals surface area contributed by atoms with Gasteiger partial charge in [0.2, 0.25) is 0 Å². The molecular weight excluding hydrogens is 100 g/mol. The Morgan fingerprint density at radius 2 is 2.29 bits per heavy atom. The lowest BCUT2D eigenvalue weighted by Gasteiger charge is -1.94. The van der Waals surface area contributed by atoms with Gasteiger partial charge in [-0.15, -0.1) is 0 Å². The molecule has 1 amide bonds. The Bertz CT molecular complexity index is 64.0. The lowest BCUT2D eigenvalue weighted by molar-refractivity contribution is 0.175. The number of amides is 1. The Labute approximate surface area is 39.9 Å². The van der Waals surface area contributed by atoms with Crippen LogP contribution < -0.4 is 10.9 Å². The summed E-state index contributed by atoms with van der Waals surface area (Å²) in [6.07, 6.45) is -1.21. The van der Waals surface area contributed by atoms with E-state index in [2.05, 4.69) is 0 Å². The van der Waals surface area contributed by atoms with Crippen LogP contribution in [0.25, 0.3) is 0 Å². The number of nitrogens with one attached hydrogen (secondary N) is 2. The minimum Gasteiger partial charge on any atom is -0.464 e. The fourth-order valence-electron chi connectivity index (χ4n) is 0.115. The maximum Gasteiger partial charge on any atom is 0.419 e. The summed E-state index contributed by atoms with van der Waals surface area (Å²) in [7, 11) is 0. The highest BCUT2D eigenvalue weighted by Gasteiger charge is 1.85. The van der Waals surface area contributed by atoms with E-state index in [-0.39, 0.29) is 0 Å². The smallest absolute Gasteiger partial charge is 0.419 e. The van der Waals surface area contributed by atoms with Gasteiger partial charge in [-0.2, -0.15) is 0 Å². The molecule has 7 heavy (non-hydrogen) atoms. The van der Waals surface area contributed by atoms with Gasteiger partial charge in [-0.05, 0) is 0 Å². The van der Waals surface area contributed by atoms with Gasteiger partial charge >= 0.3 is 6.09 Å². The van der Waals surface area contributed by atoms with E-state index in [1.165, 1.54) is 0 Å². The highest BCUT2D eigenvalue weighted by atomic mass is 16.4. The van der Waals surface area contributed by atoms with Crippen molar-refractivity contribution in [2.24, 2.45) is 0 Å². The van der Waals surface area contributed by atoms with Crippen LogP contribution in [0.4, 0.5) is 4.79 Å². The normalized spacial score (nSPS) is 8.14. The number of hydrogen-bond acceptors (Lipinski definition) is 3. The zero-order valence-corrected chi connectivity index (χ0v) is 3.51. The van der Waals surface area contributed by atoms with Gasteiger partial charge in [-0.25, -0.2) is 10.2 Å². The summed E-state index contributed by atoms with van der Waals surface area (Å²) in [6, 6.07) is 0. The Kier molecular flexibility index (Phi) is 2.99. The molecule has 42 valence electrons. The fourth-order valence-corrected chi connectivity index (χ4v) is 0.115. The standard InChI is InChI=1S/C2H6N2O3/c5-1-3-4-2(6)7/h3-5H,1H2,(H,6,7). The van der Waals surface area contributed by atoms with Crippen molar-refractivity contribution in [1.82, 2.24) is 10.9 Å². The molecule has 0 aliphatic heterocycles. The zero-order chi connectivity index (χ0) is 5.70. The number of hydrogen-bond donors (Lipinski definition) is 4. The van der Waals surface area contributed by atoms with E-state index in [4.69, 9.17) is 10.2 Å². The lowest BCUT2D eigenvalue weighted by Crippen LogP contribution is -2.36. The summed E-state index contributed by atoms with van der Waals surface area (Å²) in [5.41, 5.74) is 3.67. The Hall–Kier alpha value is -0.810. The first kappa shape index (κ1) is 6.19. The highest BCUT2D eigenvalue weighted by molar-refractivity contribution is 5.63. The molecule has 0 fully saturated rings. The molecule has 0 atom stereocenters. The summed E-state index contributed by atoms with van der Waals surface area (Å²) in [6.45, 7) is -0.397. The van der Waals surface area contributed by atoms with Gasteiger partial charge in [0.15, 0.2) is 0 Å². The van der Waals surface area contributed by atoms with Crippen LogP contribution in [0.15, 0.2) is 0 Å². The van der Waals surface area contributed by atoms with Crippen molar-refractivity contribution in [3.63, 3.8) is 0 Å². The van der Waals surface area contributed by atoms with Crippen molar-refractivity contribution >= 4 is 6.09 Å². The molecule has 0 aromatic carbocycles. The van der Waals surface area contributed by atoms with Gasteiger partial charge in [0.1, 0.15) is 6.73 Å². The van der Waals surface area contributed by atoms with Crippen LogP contribution in [-0.2, 0) is 0 Å². The maximum atomic E-state index is 9.47. The summed E-state index contributed by atoms with van der Waals surface area (Å²) in [4.78, 5) is 9.47. The molecule has 0 aromatic rings. The molecule has 5 nitrogen and oxygen atoms in total. The first-order valence-electron chi connectivity index (χ1n) is 1.60. The van der Waals surface area contributed by atoms with Crippen molar-refractivity contribution in [2.45, 2.75) is 0 Å². The lowest BCUT2D eigenvalue weighted by atomic mass is 11.2. The third-order valence-corrected chi connectivity index (χ3v) is 0.274. The van der Waals surface area contributed by atoms with E-state index in [9.17, 15) is 4.79 Å². The van der Waals surface area contributed by atoms with Crippen molar-refractivity contribution in [3.8, 4) is 0 Å². The molecule has 0 rings (SSSR count). The monoisotopic (exact) mass is 106 g/mol. The molecule has 0 heterocycles. The summed E-state index contributed by atoms with van der Waals surface area (Å²) >= 11 is 0. The van der Waals surface area contributed by atoms with Crippen LogP contribution in [0.5, 0.6) is 0 Å². The summed E-state index contributed by atoms with van der Waals surface area (Å²) < 4.78 is 0. The van der Waals surface area contributed by atoms with Crippen LogP contribution in [0, 0.1) is 0 Å². The van der Waals surface area contributed by atoms with Gasteiger partial charge < -0.3 is 10.2 Å². The minimum atomic E-state index is -1.21. The molecule has 0 bridgehead atoms. The fraction of sp³-hybridized carbons (Fsp3) is 0.500. The second-order valence-electron chi connectivity index (χ2n) is 0.765. The Morgan fingerprint density at radius 3 is 2.43 bits per heavy atom. The van der Waals surface area contributed by atoms with Gasteiger partial charge in [0.25, 0.3) is 0 Å². The topological polar surface area (TPSA) is 81.6 Å². The molecule has 5 heteroatoms. The molecule has 0 spiro atoms. The van der Waals surface area contributed by atoms with E-state index in [0.717, 1.165) is 0 Å². The molecule has 0 saturated heterocycles. The first-order valence-corrected chi connectivity index (χ1v) is 1.60. The van der Waals surface area contributed by atoms with E-state index >= 15 is 0 Å². The molecular formula is C2H6N2O3. The van der Waals surface area contributed by atoms with E-state index in [1.807, 2.05) is 5.43 Å². The predicted molar refractivity (Wildman–Crippen MR) is 21.4 cm³/mol. The van der Waals surface area contributed by atoms with Crippen LogP contribution >= 0.6 is 0 Å². The number of carbonyl (C=O) groups is 1. The SMILES string of the molecule is O=C(O)NNCO. The molecule has 4 N–H and O–H groups in total. The van der Waals surface area contributed by atoms with Crippen molar-refractivity contribution in [2.75, 3.05) is 6.73 Å². The van der Waals surface area contributed by atoms with Gasteiger partial charge in [-0.3, -0.25) is 5.43 Å². The van der Waals surface area contributed by atoms with E-state index in [1.54, 1.807) is 5.43 Å². The number of aliphatic hydroxyl groups is 1. The molecule has 0 aliphatic carbocycles. The zero-order valence-electron chi connectivity index (χ0n) is 3.51. The minimum absolute atomic E-state index is 0.397. The quantitative estimate of drug-likeness (QED) is 0.261. The third kappa shape index (κ3) is 5.19. The van der Waals surface area contributed by atoms with Crippen molar-refractivity contribution < 1.29 is 15.0 Å². The highest BCUT2D eigenvalue weighted by Crippen LogP contribution is 1.49. The van der Waals surface area contributed by atoms with Crippen LogP contribution in [-0.4, -0.2) is 23.0 Å². The van der Waals surface area contributed by atoms with E-state index < -0.39 is 12.8 Å². The third-order valence-electron chi connectivity index (χ3n) is 0.274. The van der Waals surface area contributed by atoms with Crippen LogP contribution in [0.3, 0.4) is 0 Å². The Balaban J connectivity index is 2.82. The van der Waals surface area contributed by atoms with Crippen LogP contribution in [0.2, 0.25) is 0 Å². The summed E-state index contributed by atoms with van der Waals surface area (Å²) in [5.74, 6) is 0. The maximum absolute atomic E-state index is 9.47. The first-order chi connectivity index (χ1) is 3.27. The summed E-state index contributed by atoms with van der Waals surface area (Å²) in [5, 5.41) is 15.6. The average Bonchev–Trinajstić information content (AvgIpc) is 1.61. The Morgan fingerprint density at radius 1 is 1.71 bits per heavy atom. The average molecular weight is 106 g/mol. The largest absolute Gasteiger partial charge is 0.464 e. The second kappa shape index (κ2) is 3.38. The molecule has 0 aromatic heterocycles. The molecule has 0 aliphatic rings. The van der Waals surface area contributed by atoms with E-state index in [0.29, 0.717) is 0 Å². The van der Waals surface area contributed by atoms with Crippen molar-refractivity contribution in [3.05, 3.63) is 0 Å². The molecule has 0 saturated carbocycles. The number of carboxylic acid groups (broad SMARTS) is 1. The van der Waals surface area contributed by atoms with Gasteiger partial charge in [0, 0.05) is 0 Å². The number of aliphatic hydroxyl groups excluding tert-OH is 1. The van der Waals surface area contributed by atoms with Gasteiger partial charge in [-0.1, -0.05) is 0 Å². The van der Waals surface area contributed by atoms with Crippen LogP contribution in [0.1, 0.15) is 0 Å². The molecule has 0 radical (unpaired) electrons. The number of rotatable bonds is 2. The predicted octanol–water partition coefficient (Wildman–Crippen LogP) is -1.29. The van der Waals surface area contributed by atoms with Gasteiger partial charge in [0.05, 0.1) is 0 Å². The number of hydrazine groups is 1. The van der Waals surface area contributed by atoms with Crippen molar-refractivity contribution in [1.29, 1.82) is 0 Å².